The minimum absolute atomic E-state index is 0.113. The lowest BCUT2D eigenvalue weighted by Gasteiger charge is -2.28. The predicted molar refractivity (Wildman–Crippen MR) is 176 cm³/mol. The molecule has 238 valence electrons. The van der Waals surface area contributed by atoms with Gasteiger partial charge in [0.2, 0.25) is 17.7 Å². The van der Waals surface area contributed by atoms with Gasteiger partial charge in [-0.25, -0.2) is 4.98 Å². The molecule has 45 heavy (non-hydrogen) atoms. The number of benzene rings is 2. The van der Waals surface area contributed by atoms with Gasteiger partial charge >= 0.3 is 0 Å². The number of nitrogens with two attached hydrogens (primary N) is 1. The molecule has 2 aromatic heterocycles. The van der Waals surface area contributed by atoms with Crippen LogP contribution in [-0.4, -0.2) is 71.7 Å². The van der Waals surface area contributed by atoms with Gasteiger partial charge in [0.05, 0.1) is 17.5 Å². The zero-order chi connectivity index (χ0) is 31.8. The molecule has 11 nitrogen and oxygen atoms in total. The van der Waals surface area contributed by atoms with Crippen LogP contribution in [0.4, 0.5) is 5.69 Å². The number of carbonyl (C=O) groups is 2. The third-order valence-corrected chi connectivity index (χ3v) is 8.46. The summed E-state index contributed by atoms with van der Waals surface area (Å²) in [6, 6.07) is 16.0. The summed E-state index contributed by atoms with van der Waals surface area (Å²) in [7, 11) is 4.07. The van der Waals surface area contributed by atoms with Crippen molar-refractivity contribution >= 4 is 28.4 Å². The first-order valence-electron chi connectivity index (χ1n) is 15.6. The third-order valence-electron chi connectivity index (χ3n) is 8.46. The van der Waals surface area contributed by atoms with Crippen molar-refractivity contribution in [2.45, 2.75) is 44.6 Å². The second-order valence-electron chi connectivity index (χ2n) is 12.1. The molecule has 0 bridgehead atoms. The average Bonchev–Trinajstić information content (AvgIpc) is 3.42. The molecule has 11 heteroatoms. The van der Waals surface area contributed by atoms with E-state index in [0.29, 0.717) is 48.0 Å². The Morgan fingerprint density at radius 3 is 2.60 bits per heavy atom. The minimum atomic E-state index is -0.808. The number of fused-ring (bicyclic) bond motifs is 1. The fourth-order valence-corrected chi connectivity index (χ4v) is 5.81. The Morgan fingerprint density at radius 2 is 1.87 bits per heavy atom. The van der Waals surface area contributed by atoms with Crippen LogP contribution in [0, 0.1) is 11.8 Å². The molecule has 1 aliphatic rings. The van der Waals surface area contributed by atoms with Crippen LogP contribution in [0.3, 0.4) is 0 Å². The van der Waals surface area contributed by atoms with Crippen molar-refractivity contribution in [2.75, 3.05) is 39.1 Å². The number of hydrogen-bond acceptors (Lipinski definition) is 7. The number of hydrogen-bond donors (Lipinski definition) is 5. The van der Waals surface area contributed by atoms with Gasteiger partial charge in [-0.1, -0.05) is 24.3 Å². The van der Waals surface area contributed by atoms with Gasteiger partial charge in [0.25, 0.3) is 5.56 Å². The molecule has 2 amide bonds. The van der Waals surface area contributed by atoms with Crippen LogP contribution in [0.15, 0.2) is 65.6 Å². The van der Waals surface area contributed by atoms with E-state index in [2.05, 4.69) is 30.7 Å². The molecule has 6 N–H and O–H groups in total. The molecule has 2 heterocycles. The van der Waals surface area contributed by atoms with Crippen LogP contribution in [-0.2, 0) is 16.0 Å². The lowest BCUT2D eigenvalue weighted by atomic mass is 9.81. The number of amides is 2. The first-order chi connectivity index (χ1) is 21.8. The molecule has 4 aromatic rings. The molecular weight excluding hydrogens is 570 g/mol. The van der Waals surface area contributed by atoms with Crippen LogP contribution in [0.5, 0.6) is 5.88 Å². The molecule has 1 saturated carbocycles. The highest BCUT2D eigenvalue weighted by Crippen LogP contribution is 2.29. The molecule has 0 unspecified atom stereocenters. The first kappa shape index (κ1) is 31.9. The monoisotopic (exact) mass is 613 g/mol. The molecule has 2 aromatic carbocycles. The molecule has 0 saturated heterocycles. The van der Waals surface area contributed by atoms with E-state index < -0.39 is 6.04 Å². The van der Waals surface area contributed by atoms with Crippen molar-refractivity contribution in [3.63, 3.8) is 0 Å². The molecule has 0 aliphatic heterocycles. The highest BCUT2D eigenvalue weighted by atomic mass is 16.5. The fourth-order valence-electron chi connectivity index (χ4n) is 5.81. The summed E-state index contributed by atoms with van der Waals surface area (Å²) in [6.45, 7) is 2.18. The van der Waals surface area contributed by atoms with Crippen molar-refractivity contribution in [3.05, 3.63) is 76.7 Å². The Balaban J connectivity index is 1.30. The maximum absolute atomic E-state index is 13.7. The lowest BCUT2D eigenvalue weighted by molar-refractivity contribution is -0.130. The van der Waals surface area contributed by atoms with Gasteiger partial charge in [0, 0.05) is 42.4 Å². The van der Waals surface area contributed by atoms with Crippen molar-refractivity contribution in [3.8, 4) is 17.0 Å². The predicted octanol–water partition coefficient (Wildman–Crippen LogP) is 3.68. The summed E-state index contributed by atoms with van der Waals surface area (Å²) in [5, 5.41) is 11.8. The van der Waals surface area contributed by atoms with Crippen LogP contribution in [0.2, 0.25) is 0 Å². The van der Waals surface area contributed by atoms with Crippen LogP contribution < -0.4 is 26.7 Å². The molecule has 1 atom stereocenters. The van der Waals surface area contributed by atoms with E-state index in [1.807, 2.05) is 50.5 Å². The Labute approximate surface area is 262 Å². The van der Waals surface area contributed by atoms with Gasteiger partial charge in [-0.05, 0) is 94.1 Å². The number of carbonyl (C=O) groups excluding carboxylic acids is 2. The van der Waals surface area contributed by atoms with Gasteiger partial charge in [-0.2, -0.15) is 0 Å². The molecular formula is C34H43N7O4. The third kappa shape index (κ3) is 8.58. The lowest BCUT2D eigenvalue weighted by Crippen LogP contribution is -2.48. The zero-order valence-corrected chi connectivity index (χ0v) is 26.0. The van der Waals surface area contributed by atoms with Crippen molar-refractivity contribution in [1.29, 1.82) is 0 Å². The van der Waals surface area contributed by atoms with E-state index in [0.717, 1.165) is 55.3 Å². The van der Waals surface area contributed by atoms with Gasteiger partial charge in [0.1, 0.15) is 6.04 Å². The Bertz CT molecular complexity index is 1640. The van der Waals surface area contributed by atoms with Gasteiger partial charge in [0.15, 0.2) is 0 Å². The second kappa shape index (κ2) is 15.0. The topological polar surface area (TPSA) is 158 Å². The van der Waals surface area contributed by atoms with E-state index in [9.17, 15) is 14.4 Å². The Kier molecular flexibility index (Phi) is 10.6. The SMILES string of the molecule is CN(C)CCCOc1ccc(-c2cccc(C[C@H](NC(=O)C3CCC(CN)CC3)C(=O)Nc3ccc4c(=O)[nH][nH]c4c3)c2)cn1. The van der Waals surface area contributed by atoms with E-state index in [1.54, 1.807) is 24.4 Å². The maximum Gasteiger partial charge on any atom is 0.271 e. The molecule has 1 fully saturated rings. The van der Waals surface area contributed by atoms with Gasteiger partial charge < -0.3 is 26.0 Å². The number of nitrogens with zero attached hydrogens (tertiary/aromatic N) is 2. The van der Waals surface area contributed by atoms with Gasteiger partial charge in [-0.15, -0.1) is 0 Å². The fraction of sp³-hybridized carbons (Fsp3) is 0.412. The van der Waals surface area contributed by atoms with Crippen LogP contribution in [0.25, 0.3) is 22.0 Å². The largest absolute Gasteiger partial charge is 0.478 e. The summed E-state index contributed by atoms with van der Waals surface area (Å²) < 4.78 is 5.78. The Hall–Kier alpha value is -4.48. The molecule has 0 spiro atoms. The van der Waals surface area contributed by atoms with Crippen LogP contribution in [0.1, 0.15) is 37.7 Å². The van der Waals surface area contributed by atoms with E-state index in [-0.39, 0.29) is 23.3 Å². The number of H-pyrrole nitrogens is 2. The quantitative estimate of drug-likeness (QED) is 0.144. The number of rotatable bonds is 13. The zero-order valence-electron chi connectivity index (χ0n) is 26.0. The van der Waals surface area contributed by atoms with Crippen LogP contribution >= 0.6 is 0 Å². The Morgan fingerprint density at radius 1 is 1.04 bits per heavy atom. The van der Waals surface area contributed by atoms with Crippen molar-refractivity contribution in [1.82, 2.24) is 25.4 Å². The molecule has 1 aliphatic carbocycles. The average molecular weight is 614 g/mol. The van der Waals surface area contributed by atoms with Crippen molar-refractivity contribution < 1.29 is 14.3 Å². The number of pyridine rings is 1. The summed E-state index contributed by atoms with van der Waals surface area (Å²) in [4.78, 5) is 45.6. The molecule has 5 rings (SSSR count). The summed E-state index contributed by atoms with van der Waals surface area (Å²) in [5.74, 6) is 0.432. The summed E-state index contributed by atoms with van der Waals surface area (Å²) >= 11 is 0. The summed E-state index contributed by atoms with van der Waals surface area (Å²) in [6.07, 6.45) is 6.35. The first-order valence-corrected chi connectivity index (χ1v) is 15.6. The highest BCUT2D eigenvalue weighted by molar-refractivity contribution is 5.99. The van der Waals surface area contributed by atoms with E-state index in [1.165, 1.54) is 0 Å². The number of aromatic amines is 2. The number of nitrogens with one attached hydrogen (secondary N) is 4. The van der Waals surface area contributed by atoms with E-state index in [4.69, 9.17) is 10.5 Å². The smallest absolute Gasteiger partial charge is 0.271 e. The van der Waals surface area contributed by atoms with Gasteiger partial charge in [-0.3, -0.25) is 24.6 Å². The molecule has 0 radical (unpaired) electrons. The number of aromatic nitrogens is 3. The normalized spacial score (nSPS) is 17.2. The highest BCUT2D eigenvalue weighted by Gasteiger charge is 2.29. The number of ether oxygens (including phenoxy) is 1. The van der Waals surface area contributed by atoms with E-state index >= 15 is 0 Å². The maximum atomic E-state index is 13.7. The van der Waals surface area contributed by atoms with Crippen molar-refractivity contribution in [2.24, 2.45) is 17.6 Å². The standard InChI is InChI=1S/C34H43N7O4/c1-41(2)15-4-16-45-31-14-11-26(21-36-31)25-6-3-5-23(17-25)18-30(38-32(42)24-9-7-22(20-35)8-10-24)34(44)37-27-12-13-28-29(19-27)39-40-33(28)43/h3,5-6,11-14,17,19,21-22,24,30H,4,7-10,15-16,18,20,35H2,1-2H3,(H,37,44)(H,38,42)(H2,39,40,43)/t22?,24?,30-/m0/s1. The minimum Gasteiger partial charge on any atom is -0.478 e. The number of anilines is 1. The summed E-state index contributed by atoms with van der Waals surface area (Å²) in [5.41, 5.74) is 9.50. The second-order valence-corrected chi connectivity index (χ2v) is 12.1.